The topological polar surface area (TPSA) is 12.5 Å². The second-order valence-electron chi connectivity index (χ2n) is 6.45. The number of nitrogens with zero attached hydrogens (tertiary/aromatic N) is 1. The average Bonchev–Trinajstić information content (AvgIpc) is 2.58. The van der Waals surface area contributed by atoms with Gasteiger partial charge in [0.1, 0.15) is 12.4 Å². The van der Waals surface area contributed by atoms with Crippen LogP contribution in [-0.4, -0.2) is 18.0 Å². The summed E-state index contributed by atoms with van der Waals surface area (Å²) in [5, 5.41) is 0. The van der Waals surface area contributed by atoms with Gasteiger partial charge in [0.25, 0.3) is 0 Å². The monoisotopic (exact) mass is 373 g/mol. The smallest absolute Gasteiger partial charge is 0.125 e. The normalized spacial score (nSPS) is 16.4. The molecule has 1 saturated heterocycles. The predicted molar refractivity (Wildman–Crippen MR) is 98.6 cm³/mol. The fourth-order valence-electron chi connectivity index (χ4n) is 3.01. The summed E-state index contributed by atoms with van der Waals surface area (Å²) >= 11 is 3.71. The third kappa shape index (κ3) is 4.58. The number of hydrogen-bond acceptors (Lipinski definition) is 2. The predicted octanol–water partition coefficient (Wildman–Crippen LogP) is 5.26. The van der Waals surface area contributed by atoms with E-state index in [9.17, 15) is 0 Å². The van der Waals surface area contributed by atoms with Crippen molar-refractivity contribution < 1.29 is 4.74 Å². The molecule has 2 nitrogen and oxygen atoms in total. The molecule has 3 rings (SSSR count). The van der Waals surface area contributed by atoms with Crippen LogP contribution in [0.3, 0.4) is 0 Å². The molecule has 0 saturated carbocycles. The summed E-state index contributed by atoms with van der Waals surface area (Å²) < 4.78 is 7.25. The first-order valence-electron chi connectivity index (χ1n) is 8.39. The van der Waals surface area contributed by atoms with Gasteiger partial charge >= 0.3 is 0 Å². The second kappa shape index (κ2) is 7.98. The second-order valence-corrected chi connectivity index (χ2v) is 7.30. The standard InChI is InChI=1S/C20H24BrNO/c1-16-10-12-22(13-11-16)14-18-19(21)8-5-9-20(18)23-15-17-6-3-2-4-7-17/h2-9,16H,10-15H2,1H3. The molecule has 0 bridgehead atoms. The third-order valence-corrected chi connectivity index (χ3v) is 5.31. The molecule has 1 aliphatic heterocycles. The Hall–Kier alpha value is -1.32. The molecular weight excluding hydrogens is 350 g/mol. The van der Waals surface area contributed by atoms with Gasteiger partial charge in [-0.3, -0.25) is 4.90 Å². The van der Waals surface area contributed by atoms with Crippen LogP contribution in [0.1, 0.15) is 30.9 Å². The van der Waals surface area contributed by atoms with E-state index in [-0.39, 0.29) is 0 Å². The van der Waals surface area contributed by atoms with E-state index < -0.39 is 0 Å². The van der Waals surface area contributed by atoms with Crippen LogP contribution in [0.2, 0.25) is 0 Å². The minimum Gasteiger partial charge on any atom is -0.489 e. The van der Waals surface area contributed by atoms with Crippen LogP contribution in [0.4, 0.5) is 0 Å². The number of halogens is 1. The van der Waals surface area contributed by atoms with Gasteiger partial charge in [-0.05, 0) is 49.5 Å². The lowest BCUT2D eigenvalue weighted by molar-refractivity contribution is 0.181. The SMILES string of the molecule is CC1CCN(Cc2c(Br)cccc2OCc2ccccc2)CC1. The van der Waals surface area contributed by atoms with E-state index in [0.717, 1.165) is 22.7 Å². The number of hydrogen-bond donors (Lipinski definition) is 0. The summed E-state index contributed by atoms with van der Waals surface area (Å²) in [5.41, 5.74) is 2.46. The summed E-state index contributed by atoms with van der Waals surface area (Å²) in [6, 6.07) is 16.6. The molecule has 0 N–H and O–H groups in total. The van der Waals surface area contributed by atoms with Crippen molar-refractivity contribution in [2.45, 2.75) is 32.9 Å². The van der Waals surface area contributed by atoms with E-state index in [1.807, 2.05) is 12.1 Å². The maximum atomic E-state index is 6.11. The maximum absolute atomic E-state index is 6.11. The Morgan fingerprint density at radius 1 is 1.04 bits per heavy atom. The molecule has 2 aromatic carbocycles. The molecule has 3 heteroatoms. The number of likely N-dealkylation sites (tertiary alicyclic amines) is 1. The third-order valence-electron chi connectivity index (χ3n) is 4.57. The van der Waals surface area contributed by atoms with Gasteiger partial charge in [-0.15, -0.1) is 0 Å². The fraction of sp³-hybridized carbons (Fsp3) is 0.400. The van der Waals surface area contributed by atoms with Gasteiger partial charge in [0.05, 0.1) is 0 Å². The summed E-state index contributed by atoms with van der Waals surface area (Å²) in [6.45, 7) is 6.28. The molecule has 0 atom stereocenters. The van der Waals surface area contributed by atoms with Crippen LogP contribution >= 0.6 is 15.9 Å². The Labute approximate surface area is 147 Å². The number of ether oxygens (including phenoxy) is 1. The Kier molecular flexibility index (Phi) is 5.74. The van der Waals surface area contributed by atoms with E-state index in [0.29, 0.717) is 6.61 Å². The van der Waals surface area contributed by atoms with E-state index >= 15 is 0 Å². The quantitative estimate of drug-likeness (QED) is 0.708. The van der Waals surface area contributed by atoms with Gasteiger partial charge in [0.15, 0.2) is 0 Å². The van der Waals surface area contributed by atoms with E-state index in [2.05, 4.69) is 64.2 Å². The first-order valence-corrected chi connectivity index (χ1v) is 9.18. The molecule has 0 radical (unpaired) electrons. The summed E-state index contributed by atoms with van der Waals surface area (Å²) in [4.78, 5) is 2.54. The van der Waals surface area contributed by atoms with Crippen molar-refractivity contribution in [3.63, 3.8) is 0 Å². The molecule has 0 unspecified atom stereocenters. The van der Waals surface area contributed by atoms with Crippen LogP contribution in [0.25, 0.3) is 0 Å². The van der Waals surface area contributed by atoms with Crippen LogP contribution in [0.5, 0.6) is 5.75 Å². The Morgan fingerprint density at radius 2 is 1.78 bits per heavy atom. The van der Waals surface area contributed by atoms with Crippen molar-refractivity contribution in [3.8, 4) is 5.75 Å². The van der Waals surface area contributed by atoms with Crippen molar-refractivity contribution >= 4 is 15.9 Å². The Bertz CT molecular complexity index is 621. The van der Waals surface area contributed by atoms with E-state index in [1.54, 1.807) is 0 Å². The lowest BCUT2D eigenvalue weighted by atomic mass is 9.99. The molecule has 0 aliphatic carbocycles. The van der Waals surface area contributed by atoms with Crippen LogP contribution in [-0.2, 0) is 13.2 Å². The van der Waals surface area contributed by atoms with Crippen LogP contribution in [0, 0.1) is 5.92 Å². The van der Waals surface area contributed by atoms with Gasteiger partial charge in [-0.1, -0.05) is 59.3 Å². The molecule has 1 aliphatic rings. The first kappa shape index (κ1) is 16.5. The summed E-state index contributed by atoms with van der Waals surface area (Å²) in [7, 11) is 0. The van der Waals surface area contributed by atoms with Crippen molar-refractivity contribution in [2.75, 3.05) is 13.1 Å². The first-order chi connectivity index (χ1) is 11.2. The Balaban J connectivity index is 1.69. The Morgan fingerprint density at radius 3 is 2.52 bits per heavy atom. The van der Waals surface area contributed by atoms with Crippen molar-refractivity contribution in [2.24, 2.45) is 5.92 Å². The van der Waals surface area contributed by atoms with Crippen LogP contribution in [0.15, 0.2) is 53.0 Å². The molecule has 23 heavy (non-hydrogen) atoms. The van der Waals surface area contributed by atoms with Crippen molar-refractivity contribution in [1.82, 2.24) is 4.90 Å². The molecule has 1 heterocycles. The molecule has 0 aromatic heterocycles. The van der Waals surface area contributed by atoms with Crippen molar-refractivity contribution in [1.29, 1.82) is 0 Å². The molecule has 0 spiro atoms. The molecule has 0 amide bonds. The zero-order valence-electron chi connectivity index (χ0n) is 13.7. The highest BCUT2D eigenvalue weighted by Gasteiger charge is 2.18. The average molecular weight is 374 g/mol. The van der Waals surface area contributed by atoms with Crippen molar-refractivity contribution in [3.05, 3.63) is 64.1 Å². The number of piperidine rings is 1. The molecular formula is C20H24BrNO. The van der Waals surface area contributed by atoms with Gasteiger partial charge in [0.2, 0.25) is 0 Å². The summed E-state index contributed by atoms with van der Waals surface area (Å²) in [5.74, 6) is 1.85. The highest BCUT2D eigenvalue weighted by Crippen LogP contribution is 2.30. The van der Waals surface area contributed by atoms with Crippen LogP contribution < -0.4 is 4.74 Å². The lowest BCUT2D eigenvalue weighted by Gasteiger charge is -2.31. The molecule has 2 aromatic rings. The minimum absolute atomic E-state index is 0.612. The largest absolute Gasteiger partial charge is 0.489 e. The van der Waals surface area contributed by atoms with Gasteiger partial charge in [-0.2, -0.15) is 0 Å². The number of rotatable bonds is 5. The van der Waals surface area contributed by atoms with E-state index in [1.165, 1.54) is 37.1 Å². The zero-order valence-corrected chi connectivity index (χ0v) is 15.3. The highest BCUT2D eigenvalue weighted by atomic mass is 79.9. The maximum Gasteiger partial charge on any atom is 0.125 e. The lowest BCUT2D eigenvalue weighted by Crippen LogP contribution is -2.32. The molecule has 1 fully saturated rings. The molecule has 122 valence electrons. The zero-order chi connectivity index (χ0) is 16.1. The van der Waals surface area contributed by atoms with Gasteiger partial charge in [-0.25, -0.2) is 0 Å². The van der Waals surface area contributed by atoms with Gasteiger partial charge < -0.3 is 4.74 Å². The fourth-order valence-corrected chi connectivity index (χ4v) is 3.48. The van der Waals surface area contributed by atoms with Gasteiger partial charge in [0, 0.05) is 16.6 Å². The minimum atomic E-state index is 0.612. The number of benzene rings is 2. The van der Waals surface area contributed by atoms with E-state index in [4.69, 9.17) is 4.74 Å². The summed E-state index contributed by atoms with van der Waals surface area (Å²) in [6.07, 6.45) is 2.59. The highest BCUT2D eigenvalue weighted by molar-refractivity contribution is 9.10.